The molecule has 0 aliphatic rings. The minimum atomic E-state index is 0.943. The van der Waals surface area contributed by atoms with Crippen LogP contribution in [0.3, 0.4) is 0 Å². The maximum atomic E-state index is 4.47. The highest BCUT2D eigenvalue weighted by molar-refractivity contribution is 5.95. The van der Waals surface area contributed by atoms with Crippen LogP contribution in [0.15, 0.2) is 54.9 Å². The highest BCUT2D eigenvalue weighted by atomic mass is 15.1. The molecule has 0 atom stereocenters. The molecule has 0 saturated heterocycles. The lowest BCUT2D eigenvalue weighted by atomic mass is 10.0. The van der Waals surface area contributed by atoms with Crippen molar-refractivity contribution in [2.24, 2.45) is 0 Å². The number of imidazole rings is 1. The maximum Gasteiger partial charge on any atom is 0.140 e. The van der Waals surface area contributed by atoms with Crippen LogP contribution in [0, 0.1) is 0 Å². The van der Waals surface area contributed by atoms with Gasteiger partial charge in [-0.3, -0.25) is 0 Å². The number of fused-ring (bicyclic) bond motifs is 1. The Bertz CT molecular complexity index is 647. The lowest BCUT2D eigenvalue weighted by Gasteiger charge is -2.08. The minimum absolute atomic E-state index is 0.943. The van der Waals surface area contributed by atoms with Gasteiger partial charge in [-0.25, -0.2) is 4.98 Å². The van der Waals surface area contributed by atoms with Gasteiger partial charge >= 0.3 is 0 Å². The fraction of sp³-hybridized carbons (Fsp3) is 0.133. The van der Waals surface area contributed by atoms with Crippen LogP contribution < -0.4 is 0 Å². The molecule has 0 amide bonds. The van der Waals surface area contributed by atoms with Crippen molar-refractivity contribution in [1.29, 1.82) is 0 Å². The third-order valence-corrected chi connectivity index (χ3v) is 3.09. The third kappa shape index (κ3) is 1.62. The summed E-state index contributed by atoms with van der Waals surface area (Å²) in [4.78, 5) is 4.47. The maximum absolute atomic E-state index is 4.47. The van der Waals surface area contributed by atoms with Gasteiger partial charge in [0.1, 0.15) is 5.82 Å². The summed E-state index contributed by atoms with van der Waals surface area (Å²) >= 11 is 0. The molecule has 3 aromatic rings. The van der Waals surface area contributed by atoms with Crippen molar-refractivity contribution in [2.45, 2.75) is 13.5 Å². The molecular formula is C15H14N2. The van der Waals surface area contributed by atoms with E-state index in [4.69, 9.17) is 0 Å². The smallest absolute Gasteiger partial charge is 0.140 e. The fourth-order valence-corrected chi connectivity index (χ4v) is 2.23. The summed E-state index contributed by atoms with van der Waals surface area (Å²) in [5.74, 6) is 1.05. The van der Waals surface area contributed by atoms with Crippen molar-refractivity contribution < 1.29 is 0 Å². The highest BCUT2D eigenvalue weighted by Gasteiger charge is 2.07. The number of aryl methyl sites for hydroxylation is 1. The van der Waals surface area contributed by atoms with Crippen LogP contribution in [-0.2, 0) is 6.54 Å². The summed E-state index contributed by atoms with van der Waals surface area (Å²) in [5, 5.41) is 2.52. The number of benzene rings is 2. The van der Waals surface area contributed by atoms with Gasteiger partial charge in [-0.15, -0.1) is 0 Å². The standard InChI is InChI=1S/C15H14N2/c1-2-17-11-10-16-15(17)14-9-5-7-12-6-3-4-8-13(12)14/h3-11H,2H2,1H3. The molecule has 0 aliphatic carbocycles. The first-order valence-corrected chi connectivity index (χ1v) is 5.89. The van der Waals surface area contributed by atoms with Gasteiger partial charge in [0.05, 0.1) is 0 Å². The van der Waals surface area contributed by atoms with Gasteiger partial charge in [0.2, 0.25) is 0 Å². The summed E-state index contributed by atoms with van der Waals surface area (Å²) in [5.41, 5.74) is 1.20. The van der Waals surface area contributed by atoms with Gasteiger partial charge in [0.25, 0.3) is 0 Å². The van der Waals surface area contributed by atoms with Gasteiger partial charge < -0.3 is 4.57 Å². The monoisotopic (exact) mass is 222 g/mol. The number of hydrogen-bond donors (Lipinski definition) is 0. The van der Waals surface area contributed by atoms with E-state index in [1.165, 1.54) is 16.3 Å². The second-order valence-electron chi connectivity index (χ2n) is 4.06. The highest BCUT2D eigenvalue weighted by Crippen LogP contribution is 2.27. The zero-order valence-electron chi connectivity index (χ0n) is 9.80. The van der Waals surface area contributed by atoms with Crippen LogP contribution in [0.1, 0.15) is 6.92 Å². The zero-order chi connectivity index (χ0) is 11.7. The quantitative estimate of drug-likeness (QED) is 0.646. The van der Waals surface area contributed by atoms with Crippen LogP contribution in [0.4, 0.5) is 0 Å². The van der Waals surface area contributed by atoms with E-state index in [0.717, 1.165) is 12.4 Å². The average Bonchev–Trinajstić information content (AvgIpc) is 2.86. The fourth-order valence-electron chi connectivity index (χ4n) is 2.23. The molecule has 0 unspecified atom stereocenters. The van der Waals surface area contributed by atoms with Crippen LogP contribution in [-0.4, -0.2) is 9.55 Å². The Morgan fingerprint density at radius 1 is 1.06 bits per heavy atom. The van der Waals surface area contributed by atoms with Crippen molar-refractivity contribution in [1.82, 2.24) is 9.55 Å². The first-order valence-electron chi connectivity index (χ1n) is 5.89. The Hall–Kier alpha value is -2.09. The SMILES string of the molecule is CCn1ccnc1-c1cccc2ccccc12. The molecule has 2 heteroatoms. The van der Waals surface area contributed by atoms with Gasteiger partial charge in [0.15, 0.2) is 0 Å². The van der Waals surface area contributed by atoms with E-state index in [1.807, 2.05) is 12.4 Å². The van der Waals surface area contributed by atoms with E-state index < -0.39 is 0 Å². The Labute approximate surface area is 101 Å². The normalized spacial score (nSPS) is 10.9. The second-order valence-corrected chi connectivity index (χ2v) is 4.06. The number of hydrogen-bond acceptors (Lipinski definition) is 1. The molecule has 84 valence electrons. The third-order valence-electron chi connectivity index (χ3n) is 3.09. The molecule has 0 saturated carbocycles. The zero-order valence-corrected chi connectivity index (χ0v) is 9.80. The van der Waals surface area contributed by atoms with Gasteiger partial charge in [0, 0.05) is 24.5 Å². The van der Waals surface area contributed by atoms with Crippen molar-refractivity contribution in [3.8, 4) is 11.4 Å². The minimum Gasteiger partial charge on any atom is -0.331 e. The molecule has 17 heavy (non-hydrogen) atoms. The largest absolute Gasteiger partial charge is 0.331 e. The van der Waals surface area contributed by atoms with E-state index >= 15 is 0 Å². The molecule has 0 bridgehead atoms. The van der Waals surface area contributed by atoms with Crippen molar-refractivity contribution in [2.75, 3.05) is 0 Å². The first kappa shape index (κ1) is 10.1. The predicted molar refractivity (Wildman–Crippen MR) is 70.8 cm³/mol. The Balaban J connectivity index is 2.31. The number of nitrogens with zero attached hydrogens (tertiary/aromatic N) is 2. The van der Waals surface area contributed by atoms with E-state index in [9.17, 15) is 0 Å². The Kier molecular flexibility index (Phi) is 2.41. The van der Waals surface area contributed by atoms with Crippen LogP contribution in [0.5, 0.6) is 0 Å². The lowest BCUT2D eigenvalue weighted by Crippen LogP contribution is -1.96. The number of aromatic nitrogens is 2. The summed E-state index contributed by atoms with van der Waals surface area (Å²) in [6.45, 7) is 3.08. The molecule has 0 N–H and O–H groups in total. The van der Waals surface area contributed by atoms with Crippen molar-refractivity contribution in [3.05, 3.63) is 54.9 Å². The summed E-state index contributed by atoms with van der Waals surface area (Å²) in [6, 6.07) is 14.8. The predicted octanol–water partition coefficient (Wildman–Crippen LogP) is 3.72. The molecular weight excluding hydrogens is 208 g/mol. The number of rotatable bonds is 2. The van der Waals surface area contributed by atoms with Gasteiger partial charge in [-0.2, -0.15) is 0 Å². The second kappa shape index (κ2) is 4.06. The lowest BCUT2D eigenvalue weighted by molar-refractivity contribution is 0.771. The summed E-state index contributed by atoms with van der Waals surface area (Å²) < 4.78 is 2.17. The van der Waals surface area contributed by atoms with Crippen LogP contribution in [0.2, 0.25) is 0 Å². The average molecular weight is 222 g/mol. The molecule has 1 aromatic heterocycles. The van der Waals surface area contributed by atoms with Gasteiger partial charge in [-0.1, -0.05) is 42.5 Å². The van der Waals surface area contributed by atoms with Crippen molar-refractivity contribution in [3.63, 3.8) is 0 Å². The van der Waals surface area contributed by atoms with Crippen LogP contribution in [0.25, 0.3) is 22.2 Å². The molecule has 2 aromatic carbocycles. The molecule has 1 heterocycles. The van der Waals surface area contributed by atoms with Crippen LogP contribution >= 0.6 is 0 Å². The van der Waals surface area contributed by atoms with E-state index in [0.29, 0.717) is 0 Å². The molecule has 0 aliphatic heterocycles. The molecule has 0 fully saturated rings. The summed E-state index contributed by atoms with van der Waals surface area (Å²) in [7, 11) is 0. The Morgan fingerprint density at radius 3 is 2.76 bits per heavy atom. The van der Waals surface area contributed by atoms with Crippen molar-refractivity contribution >= 4 is 10.8 Å². The Morgan fingerprint density at radius 2 is 1.88 bits per heavy atom. The molecule has 0 radical (unpaired) electrons. The molecule has 2 nitrogen and oxygen atoms in total. The summed E-state index contributed by atoms with van der Waals surface area (Å²) in [6.07, 6.45) is 3.89. The van der Waals surface area contributed by atoms with E-state index in [1.54, 1.807) is 0 Å². The van der Waals surface area contributed by atoms with E-state index in [-0.39, 0.29) is 0 Å². The van der Waals surface area contributed by atoms with Gasteiger partial charge in [-0.05, 0) is 17.7 Å². The topological polar surface area (TPSA) is 17.8 Å². The van der Waals surface area contributed by atoms with E-state index in [2.05, 4.69) is 58.9 Å². The molecule has 0 spiro atoms. The molecule has 3 rings (SSSR count). The first-order chi connectivity index (χ1) is 8.40.